The summed E-state index contributed by atoms with van der Waals surface area (Å²) in [5.41, 5.74) is 5.24. The van der Waals surface area contributed by atoms with E-state index in [1.54, 1.807) is 12.1 Å². The molecular formula is C35H48FN3. The molecule has 1 aromatic carbocycles. The molecule has 2 N–H and O–H groups in total. The minimum atomic E-state index is -0.292. The highest BCUT2D eigenvalue weighted by atomic mass is 19.1. The lowest BCUT2D eigenvalue weighted by Crippen LogP contribution is -2.34. The average Bonchev–Trinajstić information content (AvgIpc) is 3.46. The van der Waals surface area contributed by atoms with Gasteiger partial charge in [0.05, 0.1) is 6.54 Å². The predicted molar refractivity (Wildman–Crippen MR) is 166 cm³/mol. The van der Waals surface area contributed by atoms with E-state index >= 15 is 0 Å². The Hall–Kier alpha value is -3.05. The Morgan fingerprint density at radius 3 is 2.59 bits per heavy atom. The third-order valence-corrected chi connectivity index (χ3v) is 7.74. The van der Waals surface area contributed by atoms with Crippen molar-refractivity contribution in [3.05, 3.63) is 76.3 Å². The minimum Gasteiger partial charge on any atom is -0.374 e. The SMILES string of the molecule is C#CC(C)(C)/C(C)=C/C=C(\C=C)NCC#C/C(C)=C/c1c(CNCCC(CC)N2CCCC2)ccc(F)c1C. The van der Waals surface area contributed by atoms with Crippen LogP contribution in [0.5, 0.6) is 0 Å². The van der Waals surface area contributed by atoms with Gasteiger partial charge in [-0.1, -0.05) is 49.0 Å². The lowest BCUT2D eigenvalue weighted by atomic mass is 9.86. The largest absolute Gasteiger partial charge is 0.374 e. The smallest absolute Gasteiger partial charge is 0.126 e. The summed E-state index contributed by atoms with van der Waals surface area (Å²) >= 11 is 0. The molecule has 1 aliphatic heterocycles. The lowest BCUT2D eigenvalue weighted by Gasteiger charge is -2.26. The van der Waals surface area contributed by atoms with Crippen molar-refractivity contribution in [2.45, 2.75) is 79.8 Å². The van der Waals surface area contributed by atoms with Crippen LogP contribution in [0, 0.1) is 42.3 Å². The van der Waals surface area contributed by atoms with Crippen molar-refractivity contribution in [2.75, 3.05) is 26.2 Å². The van der Waals surface area contributed by atoms with Crippen molar-refractivity contribution in [3.8, 4) is 24.2 Å². The first-order chi connectivity index (χ1) is 18.6. The van der Waals surface area contributed by atoms with Gasteiger partial charge in [-0.2, -0.15) is 0 Å². The molecule has 1 heterocycles. The fraction of sp³-hybridized carbons (Fsp3) is 0.486. The van der Waals surface area contributed by atoms with E-state index in [-0.39, 0.29) is 11.2 Å². The zero-order valence-corrected chi connectivity index (χ0v) is 25.0. The van der Waals surface area contributed by atoms with E-state index in [0.717, 1.165) is 40.9 Å². The first-order valence-electron chi connectivity index (χ1n) is 14.3. The Bertz CT molecular complexity index is 1160. The van der Waals surface area contributed by atoms with Gasteiger partial charge >= 0.3 is 0 Å². The highest BCUT2D eigenvalue weighted by Crippen LogP contribution is 2.24. The number of rotatable bonds is 13. The first kappa shape index (κ1) is 32.2. The van der Waals surface area contributed by atoms with Gasteiger partial charge < -0.3 is 15.5 Å². The molecule has 0 amide bonds. The fourth-order valence-corrected chi connectivity index (χ4v) is 4.68. The van der Waals surface area contributed by atoms with Gasteiger partial charge in [0.25, 0.3) is 0 Å². The van der Waals surface area contributed by atoms with Crippen molar-refractivity contribution in [3.63, 3.8) is 0 Å². The quantitative estimate of drug-likeness (QED) is 0.161. The molecule has 3 nitrogen and oxygen atoms in total. The standard InChI is InChI=1S/C35H48FN3/c1-9-31(18-16-28(5)35(7,8)11-3)38-21-14-15-27(4)25-33-29(6)34(36)19-17-30(33)26-37-22-20-32(10-2)39-23-12-13-24-39/h3,9,16-19,25,32,37-38H,1,10,12-13,20-24,26H2,2,4-8H3/b27-25+,28-16+,31-18+. The summed E-state index contributed by atoms with van der Waals surface area (Å²) in [6.45, 7) is 20.6. The number of hydrogen-bond donors (Lipinski definition) is 2. The van der Waals surface area contributed by atoms with Crippen LogP contribution in [0.15, 0.2) is 53.8 Å². The van der Waals surface area contributed by atoms with E-state index < -0.39 is 0 Å². The van der Waals surface area contributed by atoms with Gasteiger partial charge in [-0.25, -0.2) is 4.39 Å². The normalized spacial score (nSPS) is 15.9. The number of likely N-dealkylation sites (tertiary alicyclic amines) is 1. The number of hydrogen-bond acceptors (Lipinski definition) is 3. The molecule has 0 spiro atoms. The van der Waals surface area contributed by atoms with Crippen molar-refractivity contribution >= 4 is 6.08 Å². The summed E-state index contributed by atoms with van der Waals surface area (Å²) < 4.78 is 14.5. The zero-order chi connectivity index (χ0) is 28.8. The summed E-state index contributed by atoms with van der Waals surface area (Å²) in [7, 11) is 0. The van der Waals surface area contributed by atoms with Crippen LogP contribution in [0.4, 0.5) is 4.39 Å². The van der Waals surface area contributed by atoms with Gasteiger partial charge in [0, 0.05) is 23.7 Å². The molecule has 2 rings (SSSR count). The Labute approximate surface area is 237 Å². The summed E-state index contributed by atoms with van der Waals surface area (Å²) in [6, 6.07) is 4.10. The van der Waals surface area contributed by atoms with Crippen LogP contribution < -0.4 is 10.6 Å². The van der Waals surface area contributed by atoms with Gasteiger partial charge in [-0.3, -0.25) is 0 Å². The van der Waals surface area contributed by atoms with E-state index in [1.807, 2.05) is 58.9 Å². The predicted octanol–water partition coefficient (Wildman–Crippen LogP) is 7.16. The molecule has 0 bridgehead atoms. The Kier molecular flexibility index (Phi) is 13.3. The van der Waals surface area contributed by atoms with Crippen molar-refractivity contribution in [1.29, 1.82) is 0 Å². The molecule has 1 atom stereocenters. The van der Waals surface area contributed by atoms with Crippen molar-refractivity contribution < 1.29 is 4.39 Å². The summed E-state index contributed by atoms with van der Waals surface area (Å²) in [4.78, 5) is 2.63. The molecule has 1 aliphatic rings. The number of terminal acetylenes is 1. The maximum absolute atomic E-state index is 14.5. The van der Waals surface area contributed by atoms with Crippen LogP contribution in [0.2, 0.25) is 0 Å². The summed E-state index contributed by atoms with van der Waals surface area (Å²) in [5.74, 6) is 8.98. The van der Waals surface area contributed by atoms with Crippen LogP contribution in [-0.2, 0) is 6.54 Å². The van der Waals surface area contributed by atoms with Gasteiger partial charge in [-0.05, 0) is 126 Å². The molecule has 1 unspecified atom stereocenters. The Morgan fingerprint density at radius 2 is 1.95 bits per heavy atom. The molecule has 1 saturated heterocycles. The second-order valence-corrected chi connectivity index (χ2v) is 10.9. The number of nitrogens with zero attached hydrogens (tertiary/aromatic N) is 1. The van der Waals surface area contributed by atoms with E-state index in [9.17, 15) is 4.39 Å². The van der Waals surface area contributed by atoms with E-state index in [1.165, 1.54) is 32.4 Å². The maximum atomic E-state index is 14.5. The van der Waals surface area contributed by atoms with Gasteiger partial charge in [0.2, 0.25) is 0 Å². The molecule has 0 saturated carbocycles. The molecule has 4 heteroatoms. The fourth-order valence-electron chi connectivity index (χ4n) is 4.68. The lowest BCUT2D eigenvalue weighted by molar-refractivity contribution is 0.223. The van der Waals surface area contributed by atoms with Gasteiger partial charge in [-0.15, -0.1) is 6.42 Å². The highest BCUT2D eigenvalue weighted by Gasteiger charge is 2.20. The number of nitrogens with one attached hydrogen (secondary N) is 2. The van der Waals surface area contributed by atoms with E-state index in [4.69, 9.17) is 6.42 Å². The second kappa shape index (κ2) is 16.1. The highest BCUT2D eigenvalue weighted by molar-refractivity contribution is 5.63. The Balaban J connectivity index is 2.02. The monoisotopic (exact) mass is 529 g/mol. The minimum absolute atomic E-state index is 0.190. The van der Waals surface area contributed by atoms with Crippen molar-refractivity contribution in [2.24, 2.45) is 5.41 Å². The molecular weight excluding hydrogens is 481 g/mol. The maximum Gasteiger partial charge on any atom is 0.126 e. The first-order valence-corrected chi connectivity index (χ1v) is 14.3. The molecule has 1 aromatic rings. The molecule has 39 heavy (non-hydrogen) atoms. The summed E-state index contributed by atoms with van der Waals surface area (Å²) in [6.07, 6.45) is 18.3. The van der Waals surface area contributed by atoms with Crippen LogP contribution in [0.25, 0.3) is 6.08 Å². The zero-order valence-electron chi connectivity index (χ0n) is 25.0. The van der Waals surface area contributed by atoms with E-state index in [0.29, 0.717) is 24.7 Å². The molecule has 0 aromatic heterocycles. The third-order valence-electron chi connectivity index (χ3n) is 7.74. The molecule has 0 radical (unpaired) electrons. The van der Waals surface area contributed by atoms with Crippen molar-refractivity contribution in [1.82, 2.24) is 15.5 Å². The van der Waals surface area contributed by atoms with Gasteiger partial charge in [0.1, 0.15) is 5.82 Å². The molecule has 0 aliphatic carbocycles. The average molecular weight is 530 g/mol. The Morgan fingerprint density at radius 1 is 1.23 bits per heavy atom. The number of halogens is 1. The van der Waals surface area contributed by atoms with E-state index in [2.05, 4.69) is 46.8 Å². The second-order valence-electron chi connectivity index (χ2n) is 10.9. The number of benzene rings is 1. The van der Waals surface area contributed by atoms with Crippen LogP contribution >= 0.6 is 0 Å². The molecule has 1 fully saturated rings. The number of allylic oxidation sites excluding steroid dienone is 5. The third kappa shape index (κ3) is 10.2. The van der Waals surface area contributed by atoms with Crippen LogP contribution in [-0.4, -0.2) is 37.1 Å². The summed E-state index contributed by atoms with van der Waals surface area (Å²) in [5, 5.41) is 6.88. The van der Waals surface area contributed by atoms with Crippen LogP contribution in [0.1, 0.15) is 77.0 Å². The van der Waals surface area contributed by atoms with Crippen LogP contribution in [0.3, 0.4) is 0 Å². The topological polar surface area (TPSA) is 27.3 Å². The van der Waals surface area contributed by atoms with Gasteiger partial charge in [0.15, 0.2) is 0 Å². The molecule has 210 valence electrons.